The number of nitrogens with zero attached hydrogens (tertiary/aromatic N) is 4. The van der Waals surface area contributed by atoms with Crippen LogP contribution in [0.25, 0.3) is 17.1 Å². The second-order valence-corrected chi connectivity index (χ2v) is 6.41. The number of nitrogen functional groups attached to an aromatic ring is 1. The Kier molecular flexibility index (Phi) is 3.77. The van der Waals surface area contributed by atoms with E-state index in [1.54, 1.807) is 4.68 Å². The number of hydrogen-bond acceptors (Lipinski definition) is 4. The number of benzene rings is 2. The minimum Gasteiger partial charge on any atom is -0.399 e. The normalized spacial score (nSPS) is 10.8. The summed E-state index contributed by atoms with van der Waals surface area (Å²) < 4.78 is 3.56. The molecule has 0 spiro atoms. The molecule has 106 valence electrons. The van der Waals surface area contributed by atoms with Crippen LogP contribution in [0.1, 0.15) is 5.56 Å². The van der Waals surface area contributed by atoms with E-state index in [-0.39, 0.29) is 0 Å². The van der Waals surface area contributed by atoms with Crippen molar-refractivity contribution < 1.29 is 0 Å². The largest absolute Gasteiger partial charge is 0.399 e. The van der Waals surface area contributed by atoms with Crippen molar-refractivity contribution in [1.82, 2.24) is 20.2 Å². The van der Waals surface area contributed by atoms with E-state index >= 15 is 0 Å². The Bertz CT molecular complexity index is 793. The molecule has 0 bridgehead atoms. The highest BCUT2D eigenvalue weighted by Gasteiger charge is 2.14. The molecule has 0 aliphatic rings. The molecule has 21 heavy (non-hydrogen) atoms. The van der Waals surface area contributed by atoms with E-state index in [0.717, 1.165) is 25.8 Å². The van der Waals surface area contributed by atoms with Crippen molar-refractivity contribution in [1.29, 1.82) is 0 Å². The van der Waals surface area contributed by atoms with Gasteiger partial charge in [-0.15, -0.1) is 5.10 Å². The van der Waals surface area contributed by atoms with Crippen molar-refractivity contribution in [2.45, 2.75) is 6.92 Å². The van der Waals surface area contributed by atoms with Crippen molar-refractivity contribution in [2.24, 2.45) is 0 Å². The number of anilines is 1. The fourth-order valence-electron chi connectivity index (χ4n) is 2.12. The van der Waals surface area contributed by atoms with Gasteiger partial charge in [0.15, 0.2) is 5.82 Å². The lowest BCUT2D eigenvalue weighted by molar-refractivity contribution is 0.789. The van der Waals surface area contributed by atoms with Gasteiger partial charge in [0, 0.05) is 20.2 Å². The van der Waals surface area contributed by atoms with Gasteiger partial charge in [-0.3, -0.25) is 0 Å². The third-order valence-electron chi connectivity index (χ3n) is 2.97. The van der Waals surface area contributed by atoms with Gasteiger partial charge in [0.1, 0.15) is 0 Å². The van der Waals surface area contributed by atoms with E-state index in [4.69, 9.17) is 5.73 Å². The molecule has 0 amide bonds. The number of aryl methyl sites for hydroxylation is 1. The van der Waals surface area contributed by atoms with Crippen LogP contribution < -0.4 is 5.73 Å². The first kappa shape index (κ1) is 14.2. The average molecular weight is 409 g/mol. The first-order chi connectivity index (χ1) is 10.0. The molecule has 0 saturated heterocycles. The Hall–Kier alpha value is -1.73. The van der Waals surface area contributed by atoms with Crippen molar-refractivity contribution in [3.05, 3.63) is 50.9 Å². The summed E-state index contributed by atoms with van der Waals surface area (Å²) in [6, 6.07) is 11.6. The maximum absolute atomic E-state index is 5.91. The van der Waals surface area contributed by atoms with Gasteiger partial charge in [-0.1, -0.05) is 15.9 Å². The molecule has 7 heteroatoms. The number of aromatic nitrogens is 4. The maximum atomic E-state index is 5.91. The lowest BCUT2D eigenvalue weighted by Gasteiger charge is -2.08. The molecule has 2 N–H and O–H groups in total. The quantitative estimate of drug-likeness (QED) is 0.655. The van der Waals surface area contributed by atoms with Crippen molar-refractivity contribution in [3.8, 4) is 17.1 Å². The number of nitrogens with two attached hydrogens (primary N) is 1. The van der Waals surface area contributed by atoms with Crippen LogP contribution in [-0.4, -0.2) is 20.2 Å². The van der Waals surface area contributed by atoms with Crippen molar-refractivity contribution in [3.63, 3.8) is 0 Å². The van der Waals surface area contributed by atoms with Gasteiger partial charge >= 0.3 is 0 Å². The summed E-state index contributed by atoms with van der Waals surface area (Å²) >= 11 is 6.97. The summed E-state index contributed by atoms with van der Waals surface area (Å²) in [5.74, 6) is 0.647. The minimum atomic E-state index is 0.647. The lowest BCUT2D eigenvalue weighted by atomic mass is 10.1. The van der Waals surface area contributed by atoms with E-state index in [9.17, 15) is 0 Å². The molecular formula is C14H11Br2N5. The van der Waals surface area contributed by atoms with E-state index in [2.05, 4.69) is 47.4 Å². The van der Waals surface area contributed by atoms with Crippen molar-refractivity contribution in [2.75, 3.05) is 5.73 Å². The zero-order valence-corrected chi connectivity index (χ0v) is 14.3. The summed E-state index contributed by atoms with van der Waals surface area (Å²) in [5.41, 5.74) is 9.41. The van der Waals surface area contributed by atoms with Gasteiger partial charge in [0.25, 0.3) is 0 Å². The molecule has 3 rings (SSSR count). The molecule has 0 atom stereocenters. The maximum Gasteiger partial charge on any atom is 0.187 e. The van der Waals surface area contributed by atoms with E-state index in [1.807, 2.05) is 43.3 Å². The third-order valence-corrected chi connectivity index (χ3v) is 4.09. The predicted octanol–water partition coefficient (Wildman–Crippen LogP) is 3.74. The van der Waals surface area contributed by atoms with Crippen LogP contribution >= 0.6 is 31.9 Å². The molecule has 0 radical (unpaired) electrons. The highest BCUT2D eigenvalue weighted by atomic mass is 79.9. The molecule has 0 fully saturated rings. The average Bonchev–Trinajstić information content (AvgIpc) is 2.86. The summed E-state index contributed by atoms with van der Waals surface area (Å²) in [6.07, 6.45) is 0. The molecule has 0 unspecified atom stereocenters. The molecule has 1 aromatic heterocycles. The highest BCUT2D eigenvalue weighted by Crippen LogP contribution is 2.28. The van der Waals surface area contributed by atoms with Gasteiger partial charge in [-0.2, -0.15) is 4.68 Å². The zero-order chi connectivity index (χ0) is 15.0. The molecule has 0 aliphatic heterocycles. The first-order valence-electron chi connectivity index (χ1n) is 6.16. The minimum absolute atomic E-state index is 0.647. The van der Waals surface area contributed by atoms with E-state index in [0.29, 0.717) is 11.5 Å². The van der Waals surface area contributed by atoms with Crippen LogP contribution in [0, 0.1) is 6.92 Å². The van der Waals surface area contributed by atoms with Gasteiger partial charge in [0.2, 0.25) is 0 Å². The van der Waals surface area contributed by atoms with E-state index in [1.165, 1.54) is 0 Å². The first-order valence-corrected chi connectivity index (χ1v) is 7.74. The van der Waals surface area contributed by atoms with Crippen LogP contribution in [0.5, 0.6) is 0 Å². The third kappa shape index (κ3) is 2.84. The fraction of sp³-hybridized carbons (Fsp3) is 0.0714. The number of rotatable bonds is 2. The molecule has 0 saturated carbocycles. The Balaban J connectivity index is 2.17. The predicted molar refractivity (Wildman–Crippen MR) is 89.1 cm³/mol. The van der Waals surface area contributed by atoms with Crippen LogP contribution in [0.3, 0.4) is 0 Å². The summed E-state index contributed by atoms with van der Waals surface area (Å²) in [4.78, 5) is 0. The Morgan fingerprint density at radius 1 is 1.10 bits per heavy atom. The summed E-state index contributed by atoms with van der Waals surface area (Å²) in [5, 5.41) is 12.0. The highest BCUT2D eigenvalue weighted by molar-refractivity contribution is 9.11. The van der Waals surface area contributed by atoms with Crippen LogP contribution in [0.4, 0.5) is 5.69 Å². The van der Waals surface area contributed by atoms with Crippen LogP contribution in [0.15, 0.2) is 45.3 Å². The molecule has 2 aromatic carbocycles. The molecule has 5 nitrogen and oxygen atoms in total. The van der Waals surface area contributed by atoms with Crippen LogP contribution in [0.2, 0.25) is 0 Å². The fourth-order valence-corrected chi connectivity index (χ4v) is 3.34. The number of halogens is 2. The lowest BCUT2D eigenvalue weighted by Crippen LogP contribution is -2.01. The standard InChI is InChI=1S/C14H11Br2N5/c1-8-4-9(6-11(17)5-8)14-18-19-20-21(14)13-3-2-10(15)7-12(13)16/h2-7H,17H2,1H3. The van der Waals surface area contributed by atoms with Gasteiger partial charge in [-0.05, 0) is 75.2 Å². The molecule has 1 heterocycles. The SMILES string of the molecule is Cc1cc(N)cc(-c2nnnn2-c2ccc(Br)cc2Br)c1. The topological polar surface area (TPSA) is 69.6 Å². The molecule has 3 aromatic rings. The Morgan fingerprint density at radius 3 is 2.62 bits per heavy atom. The second kappa shape index (κ2) is 5.57. The second-order valence-electron chi connectivity index (χ2n) is 4.64. The van der Waals surface area contributed by atoms with Gasteiger partial charge in [-0.25, -0.2) is 0 Å². The van der Waals surface area contributed by atoms with Crippen molar-refractivity contribution >= 4 is 37.5 Å². The van der Waals surface area contributed by atoms with Gasteiger partial charge in [0.05, 0.1) is 5.69 Å². The Morgan fingerprint density at radius 2 is 1.90 bits per heavy atom. The monoisotopic (exact) mass is 407 g/mol. The summed E-state index contributed by atoms with van der Waals surface area (Å²) in [6.45, 7) is 1.99. The number of hydrogen-bond donors (Lipinski definition) is 1. The molecule has 0 aliphatic carbocycles. The molecular weight excluding hydrogens is 398 g/mol. The zero-order valence-electron chi connectivity index (χ0n) is 11.1. The number of tetrazole rings is 1. The van der Waals surface area contributed by atoms with Crippen LogP contribution in [-0.2, 0) is 0 Å². The summed E-state index contributed by atoms with van der Waals surface area (Å²) in [7, 11) is 0. The van der Waals surface area contributed by atoms with E-state index < -0.39 is 0 Å². The Labute approximate surface area is 138 Å². The smallest absolute Gasteiger partial charge is 0.187 e. The van der Waals surface area contributed by atoms with Gasteiger partial charge < -0.3 is 5.73 Å².